The zero-order chi connectivity index (χ0) is 17.3. The number of aliphatic hydroxyl groups excluding tert-OH is 1. The monoisotopic (exact) mass is 326 g/mol. The number of Topliss-reactive ketones (excluding diaryl/α,β-unsaturated/α-hetero) is 1. The normalized spacial score (nSPS) is 27.7. The maximum atomic E-state index is 12.3. The summed E-state index contributed by atoms with van der Waals surface area (Å²) in [7, 11) is 1.27. The van der Waals surface area contributed by atoms with Gasteiger partial charge in [0.25, 0.3) is 0 Å². The number of ketones is 1. The number of hydrogen-bond donors (Lipinski definition) is 3. The maximum absolute atomic E-state index is 12.3. The summed E-state index contributed by atoms with van der Waals surface area (Å²) in [5, 5.41) is 28.9. The van der Waals surface area contributed by atoms with Crippen molar-refractivity contribution in [2.24, 2.45) is 0 Å². The molecule has 0 unspecified atom stereocenters. The van der Waals surface area contributed by atoms with Crippen LogP contribution < -0.4 is 0 Å². The Morgan fingerprint density at radius 3 is 2.52 bits per heavy atom. The summed E-state index contributed by atoms with van der Waals surface area (Å²) >= 11 is 0. The SMILES string of the molecule is CO[C@H]1O[C@@H](C)[C@@H](O)C(=O)[C@@H]1OC(=O)c1c(C)cc(O)cc1O. The van der Waals surface area contributed by atoms with E-state index in [1.807, 2.05) is 0 Å². The Bertz CT molecular complexity index is 603. The number of methoxy groups -OCH3 is 1. The van der Waals surface area contributed by atoms with Gasteiger partial charge >= 0.3 is 5.97 Å². The quantitative estimate of drug-likeness (QED) is 0.676. The van der Waals surface area contributed by atoms with Crippen molar-refractivity contribution >= 4 is 11.8 Å². The zero-order valence-electron chi connectivity index (χ0n) is 12.8. The second kappa shape index (κ2) is 6.53. The lowest BCUT2D eigenvalue weighted by molar-refractivity contribution is -0.239. The van der Waals surface area contributed by atoms with Crippen molar-refractivity contribution in [2.45, 2.75) is 38.4 Å². The number of carbonyl (C=O) groups is 2. The summed E-state index contributed by atoms with van der Waals surface area (Å²) in [6.45, 7) is 2.97. The van der Waals surface area contributed by atoms with Crippen molar-refractivity contribution in [3.63, 3.8) is 0 Å². The van der Waals surface area contributed by atoms with Gasteiger partial charge in [-0.3, -0.25) is 4.79 Å². The number of carbonyl (C=O) groups excluding carboxylic acids is 2. The Kier molecular flexibility index (Phi) is 4.88. The van der Waals surface area contributed by atoms with E-state index in [-0.39, 0.29) is 16.9 Å². The van der Waals surface area contributed by atoms with E-state index < -0.39 is 42.1 Å². The van der Waals surface area contributed by atoms with Gasteiger partial charge in [-0.1, -0.05) is 0 Å². The number of phenols is 2. The fraction of sp³-hybridized carbons (Fsp3) is 0.467. The van der Waals surface area contributed by atoms with Crippen molar-refractivity contribution in [3.05, 3.63) is 23.3 Å². The van der Waals surface area contributed by atoms with Crippen LogP contribution in [0.1, 0.15) is 22.8 Å². The molecular formula is C15H18O8. The number of aromatic hydroxyl groups is 2. The highest BCUT2D eigenvalue weighted by Crippen LogP contribution is 2.29. The first kappa shape index (κ1) is 17.2. The van der Waals surface area contributed by atoms with Crippen LogP contribution in [0.4, 0.5) is 0 Å². The average Bonchev–Trinajstić information content (AvgIpc) is 2.46. The molecule has 1 aliphatic heterocycles. The predicted molar refractivity (Wildman–Crippen MR) is 76.1 cm³/mol. The highest BCUT2D eigenvalue weighted by atomic mass is 16.7. The molecule has 23 heavy (non-hydrogen) atoms. The molecule has 1 fully saturated rings. The van der Waals surface area contributed by atoms with Gasteiger partial charge in [-0.15, -0.1) is 0 Å². The van der Waals surface area contributed by atoms with Crippen LogP contribution in [0, 0.1) is 6.92 Å². The van der Waals surface area contributed by atoms with E-state index in [4.69, 9.17) is 14.2 Å². The van der Waals surface area contributed by atoms with Crippen LogP contribution in [0.2, 0.25) is 0 Å². The molecule has 0 aromatic heterocycles. The first-order valence-electron chi connectivity index (χ1n) is 6.89. The average molecular weight is 326 g/mol. The van der Waals surface area contributed by atoms with Gasteiger partial charge in [0.1, 0.15) is 23.2 Å². The lowest BCUT2D eigenvalue weighted by Crippen LogP contribution is -2.56. The van der Waals surface area contributed by atoms with Gasteiger partial charge in [-0.05, 0) is 25.5 Å². The van der Waals surface area contributed by atoms with E-state index in [1.54, 1.807) is 0 Å². The molecule has 1 heterocycles. The van der Waals surface area contributed by atoms with Gasteiger partial charge in [0, 0.05) is 13.2 Å². The molecule has 0 amide bonds. The predicted octanol–water partition coefficient (Wildman–Crippen LogP) is 0.253. The minimum absolute atomic E-state index is 0.196. The minimum Gasteiger partial charge on any atom is -0.508 e. The number of phenolic OH excluding ortho intramolecular Hbond substituents is 2. The number of esters is 1. The fourth-order valence-corrected chi connectivity index (χ4v) is 2.37. The second-order valence-corrected chi connectivity index (χ2v) is 5.28. The Morgan fingerprint density at radius 2 is 1.96 bits per heavy atom. The third-order valence-corrected chi connectivity index (χ3v) is 3.58. The molecule has 1 aromatic rings. The Balaban J connectivity index is 2.26. The Labute approximate surface area is 132 Å². The first-order valence-corrected chi connectivity index (χ1v) is 6.89. The van der Waals surface area contributed by atoms with Crippen LogP contribution in [0.3, 0.4) is 0 Å². The van der Waals surface area contributed by atoms with Crippen LogP contribution in [0.25, 0.3) is 0 Å². The van der Waals surface area contributed by atoms with Gasteiger partial charge in [0.05, 0.1) is 6.10 Å². The summed E-state index contributed by atoms with van der Waals surface area (Å²) in [6.07, 6.45) is -4.88. The number of rotatable bonds is 3. The summed E-state index contributed by atoms with van der Waals surface area (Å²) in [5.74, 6) is -2.45. The third-order valence-electron chi connectivity index (χ3n) is 3.58. The van der Waals surface area contributed by atoms with Crippen molar-refractivity contribution in [1.29, 1.82) is 0 Å². The van der Waals surface area contributed by atoms with E-state index in [2.05, 4.69) is 0 Å². The Morgan fingerprint density at radius 1 is 1.30 bits per heavy atom. The number of aryl methyl sites for hydroxylation is 1. The summed E-state index contributed by atoms with van der Waals surface area (Å²) in [6, 6.07) is 2.24. The molecule has 1 saturated heterocycles. The molecule has 8 heteroatoms. The molecule has 1 aromatic carbocycles. The fourth-order valence-electron chi connectivity index (χ4n) is 2.37. The molecule has 2 rings (SSSR count). The number of benzene rings is 1. The van der Waals surface area contributed by atoms with E-state index in [0.717, 1.165) is 6.07 Å². The lowest BCUT2D eigenvalue weighted by atomic mass is 10.0. The first-order chi connectivity index (χ1) is 10.8. The van der Waals surface area contributed by atoms with Gasteiger partial charge in [0.2, 0.25) is 18.2 Å². The molecule has 0 saturated carbocycles. The zero-order valence-corrected chi connectivity index (χ0v) is 12.8. The van der Waals surface area contributed by atoms with E-state index in [1.165, 1.54) is 27.0 Å². The van der Waals surface area contributed by atoms with Gasteiger partial charge in [-0.25, -0.2) is 4.79 Å². The number of ether oxygens (including phenoxy) is 3. The highest BCUT2D eigenvalue weighted by Gasteiger charge is 2.45. The van der Waals surface area contributed by atoms with Crippen LogP contribution in [0.15, 0.2) is 12.1 Å². The van der Waals surface area contributed by atoms with Crippen molar-refractivity contribution in [1.82, 2.24) is 0 Å². The lowest BCUT2D eigenvalue weighted by Gasteiger charge is -2.35. The third kappa shape index (κ3) is 3.29. The number of hydrogen-bond acceptors (Lipinski definition) is 8. The summed E-state index contributed by atoms with van der Waals surface area (Å²) in [5.41, 5.74) is 0.0677. The van der Waals surface area contributed by atoms with E-state index in [0.29, 0.717) is 0 Å². The largest absolute Gasteiger partial charge is 0.508 e. The number of aliphatic hydroxyl groups is 1. The van der Waals surface area contributed by atoms with Crippen LogP contribution in [0.5, 0.6) is 11.5 Å². The topological polar surface area (TPSA) is 123 Å². The Hall–Kier alpha value is -2.16. The highest BCUT2D eigenvalue weighted by molar-refractivity contribution is 5.97. The van der Waals surface area contributed by atoms with Crippen molar-refractivity contribution in [3.8, 4) is 11.5 Å². The van der Waals surface area contributed by atoms with Crippen molar-refractivity contribution < 1.29 is 39.1 Å². The van der Waals surface area contributed by atoms with E-state index in [9.17, 15) is 24.9 Å². The smallest absolute Gasteiger partial charge is 0.343 e. The molecular weight excluding hydrogens is 308 g/mol. The molecule has 0 spiro atoms. The molecule has 3 N–H and O–H groups in total. The maximum Gasteiger partial charge on any atom is 0.343 e. The molecule has 0 aliphatic carbocycles. The van der Waals surface area contributed by atoms with Gasteiger partial charge < -0.3 is 29.5 Å². The van der Waals surface area contributed by atoms with Crippen LogP contribution in [-0.2, 0) is 19.0 Å². The molecule has 0 bridgehead atoms. The molecule has 4 atom stereocenters. The van der Waals surface area contributed by atoms with Gasteiger partial charge in [-0.2, -0.15) is 0 Å². The molecule has 8 nitrogen and oxygen atoms in total. The minimum atomic E-state index is -1.47. The van der Waals surface area contributed by atoms with Gasteiger partial charge in [0.15, 0.2) is 0 Å². The molecule has 0 radical (unpaired) electrons. The van der Waals surface area contributed by atoms with Crippen LogP contribution >= 0.6 is 0 Å². The standard InChI is InChI=1S/C15H18O8/c1-6-4-8(16)5-9(17)10(6)14(20)23-13-12(19)11(18)7(2)22-15(13)21-3/h4-5,7,11,13,15-18H,1-3H3/t7-,11+,13-,15-/m0/s1. The summed E-state index contributed by atoms with van der Waals surface area (Å²) in [4.78, 5) is 24.4. The molecule has 126 valence electrons. The van der Waals surface area contributed by atoms with E-state index >= 15 is 0 Å². The second-order valence-electron chi connectivity index (χ2n) is 5.28. The molecule has 1 aliphatic rings. The summed E-state index contributed by atoms with van der Waals surface area (Å²) < 4.78 is 15.3. The van der Waals surface area contributed by atoms with Crippen molar-refractivity contribution in [2.75, 3.05) is 7.11 Å². The van der Waals surface area contributed by atoms with Crippen LogP contribution in [-0.4, -0.2) is 58.8 Å².